The maximum absolute atomic E-state index is 3.89. The van der Waals surface area contributed by atoms with Gasteiger partial charge in [-0.2, -0.15) is 0 Å². The Balaban J connectivity index is 2.76. The molecular weight excluding hydrogens is 136 g/mol. The van der Waals surface area contributed by atoms with E-state index in [1.54, 1.807) is 0 Å². The minimum Gasteiger partial charge on any atom is -0.386 e. The minimum absolute atomic E-state index is 0.365. The Morgan fingerprint density at radius 3 is 3.00 bits per heavy atom. The Morgan fingerprint density at radius 1 is 1.64 bits per heavy atom. The molecule has 2 nitrogen and oxygen atoms in total. The molecule has 11 heavy (non-hydrogen) atoms. The maximum Gasteiger partial charge on any atom is 0.0567 e. The fraction of sp³-hybridized carbons (Fsp3) is 0.333. The molecule has 0 saturated heterocycles. The van der Waals surface area contributed by atoms with Crippen LogP contribution in [-0.4, -0.2) is 13.1 Å². The molecule has 0 aromatic rings. The second-order valence-electron chi connectivity index (χ2n) is 2.63. The van der Waals surface area contributed by atoms with E-state index in [-0.39, 0.29) is 0 Å². The van der Waals surface area contributed by atoms with Crippen molar-refractivity contribution >= 4 is 0 Å². The largest absolute Gasteiger partial charge is 0.386 e. The first-order valence-electron chi connectivity index (χ1n) is 3.76. The maximum atomic E-state index is 3.89. The molecule has 2 heteroatoms. The predicted octanol–water partition coefficient (Wildman–Crippen LogP) is 1.15. The molecule has 1 heterocycles. The normalized spacial score (nSPS) is 23.6. The molecule has 0 aromatic carbocycles. The Labute approximate surface area is 67.7 Å². The van der Waals surface area contributed by atoms with Crippen molar-refractivity contribution in [2.45, 2.75) is 13.0 Å². The van der Waals surface area contributed by atoms with Gasteiger partial charge in [-0.25, -0.2) is 0 Å². The smallest absolute Gasteiger partial charge is 0.0567 e. The highest BCUT2D eigenvalue weighted by Gasteiger charge is 2.04. The molecule has 1 unspecified atom stereocenters. The molecular formula is C9H14N2. The van der Waals surface area contributed by atoms with E-state index in [9.17, 15) is 0 Å². The van der Waals surface area contributed by atoms with Gasteiger partial charge in [-0.3, -0.25) is 0 Å². The third kappa shape index (κ3) is 1.87. The zero-order valence-electron chi connectivity index (χ0n) is 7.02. The fourth-order valence-electron chi connectivity index (χ4n) is 1.05. The van der Waals surface area contributed by atoms with E-state index in [0.717, 1.165) is 11.4 Å². The van der Waals surface area contributed by atoms with Crippen LogP contribution in [-0.2, 0) is 0 Å². The third-order valence-corrected chi connectivity index (χ3v) is 1.66. The van der Waals surface area contributed by atoms with Crippen LogP contribution in [0.15, 0.2) is 36.2 Å². The van der Waals surface area contributed by atoms with Gasteiger partial charge in [0.25, 0.3) is 0 Å². The number of nitrogens with one attached hydrogen (secondary N) is 2. The lowest BCUT2D eigenvalue weighted by atomic mass is 10.3. The van der Waals surface area contributed by atoms with E-state index in [0.29, 0.717) is 6.04 Å². The van der Waals surface area contributed by atoms with Crippen LogP contribution in [0.4, 0.5) is 0 Å². The number of likely N-dealkylation sites (N-methyl/N-ethyl adjacent to an activating group) is 1. The summed E-state index contributed by atoms with van der Waals surface area (Å²) >= 11 is 0. The van der Waals surface area contributed by atoms with Gasteiger partial charge < -0.3 is 10.6 Å². The molecule has 1 aliphatic rings. The highest BCUT2D eigenvalue weighted by Crippen LogP contribution is 2.05. The zero-order valence-corrected chi connectivity index (χ0v) is 7.02. The fourth-order valence-corrected chi connectivity index (χ4v) is 1.05. The van der Waals surface area contributed by atoms with Gasteiger partial charge >= 0.3 is 0 Å². The van der Waals surface area contributed by atoms with Crippen LogP contribution in [0.3, 0.4) is 0 Å². The Kier molecular flexibility index (Phi) is 2.36. The first-order valence-corrected chi connectivity index (χ1v) is 3.76. The molecule has 60 valence electrons. The average molecular weight is 150 g/mol. The zero-order chi connectivity index (χ0) is 8.27. The van der Waals surface area contributed by atoms with Crippen molar-refractivity contribution < 1.29 is 0 Å². The molecule has 1 aliphatic heterocycles. The van der Waals surface area contributed by atoms with Gasteiger partial charge in [-0.15, -0.1) is 0 Å². The summed E-state index contributed by atoms with van der Waals surface area (Å²) in [5.74, 6) is 0. The van der Waals surface area contributed by atoms with E-state index >= 15 is 0 Å². The lowest BCUT2D eigenvalue weighted by molar-refractivity contribution is 0.729. The predicted molar refractivity (Wildman–Crippen MR) is 48.0 cm³/mol. The second-order valence-corrected chi connectivity index (χ2v) is 2.63. The monoisotopic (exact) mass is 150 g/mol. The van der Waals surface area contributed by atoms with E-state index in [1.165, 1.54) is 0 Å². The summed E-state index contributed by atoms with van der Waals surface area (Å²) in [7, 11) is 1.89. The van der Waals surface area contributed by atoms with Gasteiger partial charge in [-0.1, -0.05) is 18.7 Å². The molecule has 1 atom stereocenters. The SMILES string of the molecule is C=C1NC(C)C=CC=C1NC. The molecule has 1 rings (SSSR count). The highest BCUT2D eigenvalue weighted by molar-refractivity contribution is 5.32. The van der Waals surface area contributed by atoms with Gasteiger partial charge in [0.1, 0.15) is 0 Å². The molecule has 0 saturated carbocycles. The molecule has 0 bridgehead atoms. The van der Waals surface area contributed by atoms with Gasteiger partial charge in [0.2, 0.25) is 0 Å². The topological polar surface area (TPSA) is 24.1 Å². The van der Waals surface area contributed by atoms with E-state index in [2.05, 4.69) is 30.2 Å². The van der Waals surface area contributed by atoms with Crippen molar-refractivity contribution in [2.24, 2.45) is 0 Å². The summed E-state index contributed by atoms with van der Waals surface area (Å²) in [6.07, 6.45) is 6.13. The summed E-state index contributed by atoms with van der Waals surface area (Å²) in [5.41, 5.74) is 2.00. The van der Waals surface area contributed by atoms with Crippen LogP contribution in [0.2, 0.25) is 0 Å². The third-order valence-electron chi connectivity index (χ3n) is 1.66. The summed E-state index contributed by atoms with van der Waals surface area (Å²) < 4.78 is 0. The molecule has 0 radical (unpaired) electrons. The lowest BCUT2D eigenvalue weighted by Gasteiger charge is -2.13. The standard InChI is InChI=1S/C9H14N2/c1-7-5-4-6-9(10-3)8(2)11-7/h4-7,10-11H,2H2,1,3H3. The van der Waals surface area contributed by atoms with Crippen LogP contribution < -0.4 is 10.6 Å². The van der Waals surface area contributed by atoms with Crippen LogP contribution in [0.1, 0.15) is 6.92 Å². The van der Waals surface area contributed by atoms with E-state index in [4.69, 9.17) is 0 Å². The Bertz CT molecular complexity index is 214. The average Bonchev–Trinajstić information content (AvgIpc) is 2.11. The molecule has 0 aliphatic carbocycles. The molecule has 2 N–H and O–H groups in total. The van der Waals surface area contributed by atoms with Crippen molar-refractivity contribution in [3.63, 3.8) is 0 Å². The van der Waals surface area contributed by atoms with Crippen molar-refractivity contribution in [3.05, 3.63) is 36.2 Å². The number of hydrogen-bond acceptors (Lipinski definition) is 2. The lowest BCUT2D eigenvalue weighted by Crippen LogP contribution is -2.25. The van der Waals surface area contributed by atoms with E-state index < -0.39 is 0 Å². The van der Waals surface area contributed by atoms with E-state index in [1.807, 2.05) is 19.2 Å². The van der Waals surface area contributed by atoms with Crippen LogP contribution in [0.25, 0.3) is 0 Å². The van der Waals surface area contributed by atoms with Gasteiger partial charge in [0.15, 0.2) is 0 Å². The van der Waals surface area contributed by atoms with Gasteiger partial charge in [0.05, 0.1) is 11.4 Å². The molecule has 0 amide bonds. The van der Waals surface area contributed by atoms with Crippen molar-refractivity contribution in [1.29, 1.82) is 0 Å². The van der Waals surface area contributed by atoms with Crippen LogP contribution >= 0.6 is 0 Å². The molecule has 0 spiro atoms. The Morgan fingerprint density at radius 2 is 2.36 bits per heavy atom. The first kappa shape index (κ1) is 7.92. The number of allylic oxidation sites excluding steroid dienone is 2. The van der Waals surface area contributed by atoms with Crippen molar-refractivity contribution in [3.8, 4) is 0 Å². The van der Waals surface area contributed by atoms with Gasteiger partial charge in [0, 0.05) is 13.1 Å². The molecule has 0 fully saturated rings. The summed E-state index contributed by atoms with van der Waals surface area (Å²) in [6, 6.07) is 0.365. The van der Waals surface area contributed by atoms with Crippen molar-refractivity contribution in [1.82, 2.24) is 10.6 Å². The summed E-state index contributed by atoms with van der Waals surface area (Å²) in [4.78, 5) is 0. The summed E-state index contributed by atoms with van der Waals surface area (Å²) in [5, 5.41) is 6.29. The second kappa shape index (κ2) is 3.28. The minimum atomic E-state index is 0.365. The van der Waals surface area contributed by atoms with Crippen LogP contribution in [0, 0.1) is 0 Å². The molecule has 0 aromatic heterocycles. The highest BCUT2D eigenvalue weighted by atomic mass is 15.0. The van der Waals surface area contributed by atoms with Gasteiger partial charge in [-0.05, 0) is 13.0 Å². The van der Waals surface area contributed by atoms with Crippen molar-refractivity contribution in [2.75, 3.05) is 7.05 Å². The first-order chi connectivity index (χ1) is 5.24. The quantitative estimate of drug-likeness (QED) is 0.586. The Hall–Kier alpha value is -1.18. The number of rotatable bonds is 1. The number of hydrogen-bond donors (Lipinski definition) is 2. The van der Waals surface area contributed by atoms with Crippen LogP contribution in [0.5, 0.6) is 0 Å². The summed E-state index contributed by atoms with van der Waals surface area (Å²) in [6.45, 7) is 5.99.